The summed E-state index contributed by atoms with van der Waals surface area (Å²) in [6.45, 7) is 0.624. The summed E-state index contributed by atoms with van der Waals surface area (Å²) in [5, 5.41) is 0. The van der Waals surface area contributed by atoms with Crippen LogP contribution in [0.4, 0.5) is 13.2 Å². The van der Waals surface area contributed by atoms with Gasteiger partial charge < -0.3 is 21.1 Å². The van der Waals surface area contributed by atoms with Crippen LogP contribution >= 0.6 is 0 Å². The van der Waals surface area contributed by atoms with E-state index in [9.17, 15) is 22.8 Å². The maximum atomic E-state index is 13.7. The molecular formula is C22H23F3N4O3. The van der Waals surface area contributed by atoms with Crippen molar-refractivity contribution in [3.05, 3.63) is 64.7 Å². The maximum Gasteiger partial charge on any atom is 0.416 e. The van der Waals surface area contributed by atoms with Crippen LogP contribution in [0.15, 0.2) is 47.5 Å². The summed E-state index contributed by atoms with van der Waals surface area (Å²) in [7, 11) is 1.50. The zero-order valence-electron chi connectivity index (χ0n) is 17.4. The molecule has 1 fully saturated rings. The average molecular weight is 448 g/mol. The first-order chi connectivity index (χ1) is 15.1. The number of guanidine groups is 1. The number of rotatable bonds is 4. The first-order valence-corrected chi connectivity index (χ1v) is 9.88. The van der Waals surface area contributed by atoms with Gasteiger partial charge in [-0.3, -0.25) is 9.59 Å². The fourth-order valence-corrected chi connectivity index (χ4v) is 3.80. The Labute approximate surface area is 182 Å². The van der Waals surface area contributed by atoms with Gasteiger partial charge in [0.05, 0.1) is 12.7 Å². The van der Waals surface area contributed by atoms with Crippen molar-refractivity contribution >= 4 is 17.8 Å². The van der Waals surface area contributed by atoms with Crippen molar-refractivity contribution in [1.29, 1.82) is 0 Å². The topological polar surface area (TPSA) is 111 Å². The minimum absolute atomic E-state index is 0.0900. The van der Waals surface area contributed by atoms with Gasteiger partial charge in [0.15, 0.2) is 5.96 Å². The van der Waals surface area contributed by atoms with E-state index in [1.165, 1.54) is 19.2 Å². The minimum Gasteiger partial charge on any atom is -0.497 e. The van der Waals surface area contributed by atoms with E-state index in [-0.39, 0.29) is 17.0 Å². The Balaban J connectivity index is 1.79. The Hall–Kier alpha value is -3.56. The van der Waals surface area contributed by atoms with E-state index in [4.69, 9.17) is 16.2 Å². The van der Waals surface area contributed by atoms with E-state index in [2.05, 4.69) is 4.99 Å². The minimum atomic E-state index is -4.66. The van der Waals surface area contributed by atoms with Gasteiger partial charge in [-0.25, -0.2) is 0 Å². The van der Waals surface area contributed by atoms with E-state index in [0.717, 1.165) is 6.07 Å². The third-order valence-electron chi connectivity index (χ3n) is 5.37. The number of aliphatic imine (C=N–C) groups is 1. The van der Waals surface area contributed by atoms with E-state index >= 15 is 0 Å². The number of hydrogen-bond donors (Lipinski definition) is 2. The van der Waals surface area contributed by atoms with E-state index in [1.807, 2.05) is 0 Å². The fraction of sp³-hybridized carbons (Fsp3) is 0.318. The number of amides is 2. The highest BCUT2D eigenvalue weighted by atomic mass is 19.4. The SMILES string of the molecule is COc1cccc(C(=O)N2CCC(c3ccc(C(=O)N=C(N)N)cc3C(F)(F)F)CC2)c1. The van der Waals surface area contributed by atoms with Crippen LogP contribution in [0.5, 0.6) is 5.75 Å². The van der Waals surface area contributed by atoms with Crippen LogP contribution in [-0.2, 0) is 6.18 Å². The second-order valence-corrected chi connectivity index (χ2v) is 7.44. The monoisotopic (exact) mass is 448 g/mol. The van der Waals surface area contributed by atoms with Crippen molar-refractivity contribution in [3.63, 3.8) is 0 Å². The molecule has 1 saturated heterocycles. The summed E-state index contributed by atoms with van der Waals surface area (Å²) in [6.07, 6.45) is -3.93. The number of methoxy groups -OCH3 is 1. The van der Waals surface area contributed by atoms with Gasteiger partial charge in [-0.2, -0.15) is 18.2 Å². The highest BCUT2D eigenvalue weighted by Crippen LogP contribution is 2.39. The molecule has 0 spiro atoms. The number of alkyl halides is 3. The lowest BCUT2D eigenvalue weighted by Gasteiger charge is -2.33. The molecule has 0 atom stereocenters. The normalized spacial score (nSPS) is 14.7. The number of piperidine rings is 1. The summed E-state index contributed by atoms with van der Waals surface area (Å²) in [4.78, 5) is 29.6. The summed E-state index contributed by atoms with van der Waals surface area (Å²) < 4.78 is 46.3. The lowest BCUT2D eigenvalue weighted by Crippen LogP contribution is -2.38. The lowest BCUT2D eigenvalue weighted by molar-refractivity contribution is -0.138. The molecule has 2 aromatic rings. The second-order valence-electron chi connectivity index (χ2n) is 7.44. The Morgan fingerprint density at radius 3 is 2.34 bits per heavy atom. The number of carbonyl (C=O) groups is 2. The van der Waals surface area contributed by atoms with E-state index in [0.29, 0.717) is 37.2 Å². The number of nitrogens with two attached hydrogens (primary N) is 2. The molecule has 32 heavy (non-hydrogen) atoms. The molecule has 10 heteroatoms. The average Bonchev–Trinajstić information content (AvgIpc) is 2.77. The molecule has 0 radical (unpaired) electrons. The zero-order valence-corrected chi connectivity index (χ0v) is 17.4. The molecule has 0 saturated carbocycles. The Morgan fingerprint density at radius 1 is 1.06 bits per heavy atom. The molecule has 0 aromatic heterocycles. The van der Waals surface area contributed by atoms with E-state index in [1.54, 1.807) is 29.2 Å². The summed E-state index contributed by atoms with van der Waals surface area (Å²) in [5.74, 6) is -1.53. The molecule has 1 heterocycles. The van der Waals surface area contributed by atoms with Crippen LogP contribution in [0.25, 0.3) is 0 Å². The number of hydrogen-bond acceptors (Lipinski definition) is 3. The van der Waals surface area contributed by atoms with Gasteiger partial charge in [-0.15, -0.1) is 0 Å². The van der Waals surface area contributed by atoms with Crippen LogP contribution in [0.1, 0.15) is 50.6 Å². The van der Waals surface area contributed by atoms with Crippen LogP contribution in [0.2, 0.25) is 0 Å². The number of benzene rings is 2. The van der Waals surface area contributed by atoms with Crippen molar-refractivity contribution in [3.8, 4) is 5.75 Å². The van der Waals surface area contributed by atoms with Crippen LogP contribution in [0.3, 0.4) is 0 Å². The molecular weight excluding hydrogens is 425 g/mol. The van der Waals surface area contributed by atoms with Crippen LogP contribution in [0, 0.1) is 0 Å². The number of carbonyl (C=O) groups excluding carboxylic acids is 2. The van der Waals surface area contributed by atoms with Gasteiger partial charge in [0.1, 0.15) is 5.75 Å². The molecule has 2 aromatic carbocycles. The predicted octanol–water partition coefficient (Wildman–Crippen LogP) is 3.15. The van der Waals surface area contributed by atoms with Gasteiger partial charge in [0.25, 0.3) is 11.8 Å². The molecule has 4 N–H and O–H groups in total. The number of nitrogens with zero attached hydrogens (tertiary/aromatic N) is 2. The van der Waals surface area contributed by atoms with Crippen molar-refractivity contribution in [2.45, 2.75) is 24.9 Å². The van der Waals surface area contributed by atoms with Gasteiger partial charge >= 0.3 is 6.18 Å². The maximum absolute atomic E-state index is 13.7. The third kappa shape index (κ3) is 5.19. The smallest absolute Gasteiger partial charge is 0.416 e. The van der Waals surface area contributed by atoms with Gasteiger partial charge in [-0.05, 0) is 54.7 Å². The molecule has 0 aliphatic carbocycles. The molecule has 0 bridgehead atoms. The first-order valence-electron chi connectivity index (χ1n) is 9.88. The number of ether oxygens (including phenoxy) is 1. The Bertz CT molecular complexity index is 1040. The fourth-order valence-electron chi connectivity index (χ4n) is 3.80. The van der Waals surface area contributed by atoms with Gasteiger partial charge in [0, 0.05) is 24.2 Å². The van der Waals surface area contributed by atoms with Gasteiger partial charge in [0.2, 0.25) is 0 Å². The molecule has 0 unspecified atom stereocenters. The number of halogens is 3. The quantitative estimate of drug-likeness (QED) is 0.551. The standard InChI is InChI=1S/C22H23F3N4O3/c1-32-16-4-2-3-15(11-16)20(31)29-9-7-13(8-10-29)17-6-5-14(19(30)28-21(26)27)12-18(17)22(23,24)25/h2-6,11-13H,7-10H2,1H3,(H4,26,27,28,30). The van der Waals surface area contributed by atoms with Gasteiger partial charge in [-0.1, -0.05) is 12.1 Å². The van der Waals surface area contributed by atoms with Crippen molar-refractivity contribution in [2.24, 2.45) is 16.5 Å². The third-order valence-corrected chi connectivity index (χ3v) is 5.37. The van der Waals surface area contributed by atoms with Crippen molar-refractivity contribution < 1.29 is 27.5 Å². The van der Waals surface area contributed by atoms with Crippen molar-refractivity contribution in [1.82, 2.24) is 4.90 Å². The first kappa shape index (κ1) is 23.1. The molecule has 2 amide bonds. The largest absolute Gasteiger partial charge is 0.497 e. The number of likely N-dealkylation sites (tertiary alicyclic amines) is 1. The van der Waals surface area contributed by atoms with Crippen molar-refractivity contribution in [2.75, 3.05) is 20.2 Å². The Kier molecular flexibility index (Phi) is 6.71. The van der Waals surface area contributed by atoms with Crippen LogP contribution in [-0.4, -0.2) is 42.9 Å². The summed E-state index contributed by atoms with van der Waals surface area (Å²) in [5.41, 5.74) is 9.69. The van der Waals surface area contributed by atoms with Crippen LogP contribution < -0.4 is 16.2 Å². The molecule has 7 nitrogen and oxygen atoms in total. The predicted molar refractivity (Wildman–Crippen MR) is 112 cm³/mol. The summed E-state index contributed by atoms with van der Waals surface area (Å²) in [6, 6.07) is 10.1. The Morgan fingerprint density at radius 2 is 1.75 bits per heavy atom. The lowest BCUT2D eigenvalue weighted by atomic mass is 9.85. The molecule has 1 aliphatic rings. The second kappa shape index (κ2) is 9.29. The highest BCUT2D eigenvalue weighted by Gasteiger charge is 2.37. The zero-order chi connectivity index (χ0) is 23.5. The molecule has 170 valence electrons. The molecule has 1 aliphatic heterocycles. The van der Waals surface area contributed by atoms with E-state index < -0.39 is 29.5 Å². The summed E-state index contributed by atoms with van der Waals surface area (Å²) >= 11 is 0. The molecule has 3 rings (SSSR count). The highest BCUT2D eigenvalue weighted by molar-refractivity contribution is 6.02.